The molecule has 0 aromatic heterocycles. The number of hydrogen-bond donors (Lipinski definition) is 1. The van der Waals surface area contributed by atoms with Crippen molar-refractivity contribution in [1.29, 1.82) is 0 Å². The van der Waals surface area contributed by atoms with Gasteiger partial charge in [-0.2, -0.15) is 0 Å². The number of hydrogen-bond acceptors (Lipinski definition) is 3. The van der Waals surface area contributed by atoms with Crippen LogP contribution in [0.15, 0.2) is 60.7 Å². The lowest BCUT2D eigenvalue weighted by Crippen LogP contribution is -2.58. The van der Waals surface area contributed by atoms with Crippen molar-refractivity contribution >= 4 is 0 Å². The Balaban J connectivity index is 1.60. The van der Waals surface area contributed by atoms with Gasteiger partial charge >= 0.3 is 0 Å². The van der Waals surface area contributed by atoms with E-state index in [2.05, 4.69) is 77.8 Å². The molecule has 0 amide bonds. The summed E-state index contributed by atoms with van der Waals surface area (Å²) in [6.45, 7) is 5.06. The second-order valence-corrected chi connectivity index (χ2v) is 6.42. The van der Waals surface area contributed by atoms with Gasteiger partial charge in [-0.3, -0.25) is 10.2 Å². The summed E-state index contributed by atoms with van der Waals surface area (Å²) in [4.78, 5) is 2.51. The van der Waals surface area contributed by atoms with Crippen LogP contribution in [-0.2, 0) is 17.0 Å². The number of fused-ring (bicyclic) bond motifs is 2. The molecule has 0 spiro atoms. The number of ether oxygens (including phenoxy) is 1. The van der Waals surface area contributed by atoms with Crippen LogP contribution in [0.2, 0.25) is 0 Å². The van der Waals surface area contributed by atoms with Gasteiger partial charge in [-0.1, -0.05) is 60.7 Å². The van der Waals surface area contributed by atoms with Gasteiger partial charge in [0.05, 0.1) is 6.10 Å². The van der Waals surface area contributed by atoms with E-state index < -0.39 is 0 Å². The first kappa shape index (κ1) is 13.9. The van der Waals surface area contributed by atoms with Crippen LogP contribution in [-0.4, -0.2) is 30.1 Å². The van der Waals surface area contributed by atoms with Crippen molar-refractivity contribution in [1.82, 2.24) is 10.2 Å². The molecule has 0 aliphatic carbocycles. The molecule has 2 fully saturated rings. The zero-order valence-electron chi connectivity index (χ0n) is 12.9. The van der Waals surface area contributed by atoms with Gasteiger partial charge in [0.25, 0.3) is 0 Å². The van der Waals surface area contributed by atoms with Crippen LogP contribution in [0.3, 0.4) is 0 Å². The minimum absolute atomic E-state index is 0.237. The van der Waals surface area contributed by atoms with Crippen LogP contribution in [0.1, 0.15) is 18.1 Å². The van der Waals surface area contributed by atoms with Crippen molar-refractivity contribution in [2.24, 2.45) is 0 Å². The molecule has 0 radical (unpaired) electrons. The Kier molecular flexibility index (Phi) is 3.49. The van der Waals surface area contributed by atoms with Crippen molar-refractivity contribution in [3.05, 3.63) is 71.8 Å². The van der Waals surface area contributed by atoms with E-state index in [9.17, 15) is 0 Å². The maximum atomic E-state index is 6.37. The Labute approximate surface area is 131 Å². The molecule has 3 nitrogen and oxygen atoms in total. The summed E-state index contributed by atoms with van der Waals surface area (Å²) in [5, 5.41) is 3.72. The molecule has 3 atom stereocenters. The SMILES string of the molecule is CC1OC2(c3ccccc3)CN(Cc3ccccc3)CC1N2. The molecule has 0 saturated carbocycles. The first-order valence-corrected chi connectivity index (χ1v) is 8.02. The Bertz CT molecular complexity index is 626. The highest BCUT2D eigenvalue weighted by Crippen LogP contribution is 2.36. The Morgan fingerprint density at radius 1 is 1.09 bits per heavy atom. The Morgan fingerprint density at radius 2 is 1.77 bits per heavy atom. The average molecular weight is 294 g/mol. The Hall–Kier alpha value is -1.68. The number of nitrogens with one attached hydrogen (secondary N) is 1. The van der Waals surface area contributed by atoms with E-state index in [0.29, 0.717) is 6.04 Å². The summed E-state index contributed by atoms with van der Waals surface area (Å²) in [6, 6.07) is 21.6. The van der Waals surface area contributed by atoms with Crippen molar-refractivity contribution in [3.8, 4) is 0 Å². The number of benzene rings is 2. The van der Waals surface area contributed by atoms with Crippen LogP contribution in [0.5, 0.6) is 0 Å². The standard InChI is InChI=1S/C19H22N2O/c1-15-18-13-21(12-16-8-4-2-5-9-16)14-19(20-18,22-15)17-10-6-3-7-11-17/h2-11,15,18,20H,12-14H2,1H3. The van der Waals surface area contributed by atoms with Crippen LogP contribution >= 0.6 is 0 Å². The van der Waals surface area contributed by atoms with E-state index >= 15 is 0 Å². The highest BCUT2D eigenvalue weighted by molar-refractivity contribution is 5.26. The lowest BCUT2D eigenvalue weighted by atomic mass is 9.98. The predicted molar refractivity (Wildman–Crippen MR) is 87.3 cm³/mol. The first-order valence-electron chi connectivity index (χ1n) is 8.02. The summed E-state index contributed by atoms with van der Waals surface area (Å²) in [6.07, 6.45) is 0.237. The highest BCUT2D eigenvalue weighted by atomic mass is 16.5. The molecular formula is C19H22N2O. The second-order valence-electron chi connectivity index (χ2n) is 6.42. The van der Waals surface area contributed by atoms with E-state index in [1.807, 2.05) is 0 Å². The normalized spacial score (nSPS) is 31.3. The maximum absolute atomic E-state index is 6.37. The molecule has 22 heavy (non-hydrogen) atoms. The van der Waals surface area contributed by atoms with Gasteiger partial charge in [-0.25, -0.2) is 0 Å². The summed E-state index contributed by atoms with van der Waals surface area (Å²) in [5.74, 6) is 0. The molecule has 2 heterocycles. The number of piperazine rings is 1. The van der Waals surface area contributed by atoms with Crippen LogP contribution < -0.4 is 5.32 Å². The molecule has 1 N–H and O–H groups in total. The van der Waals surface area contributed by atoms with Gasteiger partial charge in [0.1, 0.15) is 0 Å². The number of rotatable bonds is 3. The monoisotopic (exact) mass is 294 g/mol. The van der Waals surface area contributed by atoms with E-state index in [1.54, 1.807) is 0 Å². The molecule has 3 unspecified atom stereocenters. The van der Waals surface area contributed by atoms with E-state index in [0.717, 1.165) is 19.6 Å². The van der Waals surface area contributed by atoms with Gasteiger partial charge in [0, 0.05) is 25.7 Å². The largest absolute Gasteiger partial charge is 0.350 e. The topological polar surface area (TPSA) is 24.5 Å². The molecule has 2 aromatic rings. The average Bonchev–Trinajstić information content (AvgIpc) is 2.80. The smallest absolute Gasteiger partial charge is 0.158 e. The van der Waals surface area contributed by atoms with Gasteiger partial charge in [-0.15, -0.1) is 0 Å². The molecule has 2 bridgehead atoms. The van der Waals surface area contributed by atoms with Gasteiger partial charge < -0.3 is 4.74 Å². The third-order valence-electron chi connectivity index (χ3n) is 4.76. The molecular weight excluding hydrogens is 272 g/mol. The third kappa shape index (κ3) is 2.45. The van der Waals surface area contributed by atoms with Crippen LogP contribution in [0, 0.1) is 0 Å². The number of nitrogens with zero attached hydrogens (tertiary/aromatic N) is 1. The molecule has 2 aliphatic heterocycles. The zero-order valence-corrected chi connectivity index (χ0v) is 12.9. The quantitative estimate of drug-likeness (QED) is 0.942. The predicted octanol–water partition coefficient (Wildman–Crippen LogP) is 2.73. The van der Waals surface area contributed by atoms with Gasteiger partial charge in [-0.05, 0) is 18.1 Å². The zero-order chi connectivity index (χ0) is 15.0. The fourth-order valence-corrected chi connectivity index (χ4v) is 3.70. The highest BCUT2D eigenvalue weighted by Gasteiger charge is 2.50. The summed E-state index contributed by atoms with van der Waals surface area (Å²) < 4.78 is 6.37. The minimum Gasteiger partial charge on any atom is -0.350 e. The van der Waals surface area contributed by atoms with Gasteiger partial charge in [0.2, 0.25) is 0 Å². The summed E-state index contributed by atoms with van der Waals surface area (Å²) in [7, 11) is 0. The van der Waals surface area contributed by atoms with Crippen LogP contribution in [0.25, 0.3) is 0 Å². The van der Waals surface area contributed by atoms with Crippen molar-refractivity contribution < 1.29 is 4.74 Å². The fraction of sp³-hybridized carbons (Fsp3) is 0.368. The Morgan fingerprint density at radius 3 is 2.50 bits per heavy atom. The first-order chi connectivity index (χ1) is 10.8. The molecule has 2 saturated heterocycles. The van der Waals surface area contributed by atoms with Crippen molar-refractivity contribution in [2.75, 3.05) is 13.1 Å². The van der Waals surface area contributed by atoms with Crippen molar-refractivity contribution in [2.45, 2.75) is 31.3 Å². The lowest BCUT2D eigenvalue weighted by Gasteiger charge is -2.40. The van der Waals surface area contributed by atoms with Gasteiger partial charge in [0.15, 0.2) is 5.72 Å². The second kappa shape index (κ2) is 5.51. The molecule has 114 valence electrons. The molecule has 4 rings (SSSR count). The lowest BCUT2D eigenvalue weighted by molar-refractivity contribution is -0.0661. The summed E-state index contributed by atoms with van der Waals surface area (Å²) in [5.41, 5.74) is 2.22. The van der Waals surface area contributed by atoms with E-state index in [1.165, 1.54) is 11.1 Å². The minimum atomic E-state index is -0.363. The molecule has 2 aliphatic rings. The molecule has 2 aromatic carbocycles. The summed E-state index contributed by atoms with van der Waals surface area (Å²) >= 11 is 0. The fourth-order valence-electron chi connectivity index (χ4n) is 3.70. The van der Waals surface area contributed by atoms with E-state index in [-0.39, 0.29) is 11.8 Å². The molecule has 3 heteroatoms. The van der Waals surface area contributed by atoms with Crippen molar-refractivity contribution in [3.63, 3.8) is 0 Å². The van der Waals surface area contributed by atoms with Crippen LogP contribution in [0.4, 0.5) is 0 Å². The third-order valence-corrected chi connectivity index (χ3v) is 4.76. The van der Waals surface area contributed by atoms with E-state index in [4.69, 9.17) is 4.74 Å². The maximum Gasteiger partial charge on any atom is 0.158 e.